The highest BCUT2D eigenvalue weighted by atomic mass is 15.2. The van der Waals surface area contributed by atoms with E-state index in [1.165, 1.54) is 63.1 Å². The van der Waals surface area contributed by atoms with Crippen molar-refractivity contribution in [3.63, 3.8) is 0 Å². The van der Waals surface area contributed by atoms with Crippen LogP contribution in [0.3, 0.4) is 0 Å². The fourth-order valence-electron chi connectivity index (χ4n) is 4.38. The topological polar surface area (TPSA) is 42.9 Å². The number of nitrogens with zero attached hydrogens (tertiary/aromatic N) is 3. The number of hydrogen-bond donors (Lipinski definition) is 2. The van der Waals surface area contributed by atoms with Crippen molar-refractivity contribution in [1.82, 2.24) is 15.5 Å². The Kier molecular flexibility index (Phi) is 8.01. The Morgan fingerprint density at radius 1 is 1.18 bits per heavy atom. The molecule has 2 heterocycles. The quantitative estimate of drug-likeness (QED) is 0.556. The molecular formula is C23H39N5. The molecule has 0 spiro atoms. The predicted octanol–water partition coefficient (Wildman–Crippen LogP) is 3.63. The van der Waals surface area contributed by atoms with Crippen LogP contribution in [0.15, 0.2) is 29.3 Å². The van der Waals surface area contributed by atoms with E-state index >= 15 is 0 Å². The molecule has 2 unspecified atom stereocenters. The van der Waals surface area contributed by atoms with Crippen molar-refractivity contribution in [2.24, 2.45) is 10.9 Å². The molecule has 5 heteroatoms. The Bertz CT molecular complexity index is 623. The van der Waals surface area contributed by atoms with Crippen LogP contribution in [0.2, 0.25) is 0 Å². The van der Waals surface area contributed by atoms with Crippen LogP contribution in [0.1, 0.15) is 58.1 Å². The number of hydrogen-bond acceptors (Lipinski definition) is 3. The summed E-state index contributed by atoms with van der Waals surface area (Å²) in [5.74, 6) is 1.62. The maximum Gasteiger partial charge on any atom is 0.191 e. The lowest BCUT2D eigenvalue weighted by atomic mass is 9.98. The van der Waals surface area contributed by atoms with Crippen molar-refractivity contribution in [2.45, 2.75) is 52.5 Å². The van der Waals surface area contributed by atoms with Crippen molar-refractivity contribution in [2.75, 3.05) is 50.7 Å². The first-order valence-electron chi connectivity index (χ1n) is 11.3. The smallest absolute Gasteiger partial charge is 0.191 e. The molecule has 0 aliphatic carbocycles. The molecule has 0 aromatic heterocycles. The molecule has 1 aromatic rings. The van der Waals surface area contributed by atoms with E-state index in [1.807, 2.05) is 0 Å². The highest BCUT2D eigenvalue weighted by molar-refractivity contribution is 5.80. The Hall–Kier alpha value is -1.75. The molecule has 156 valence electrons. The molecule has 0 amide bonds. The van der Waals surface area contributed by atoms with E-state index in [0.29, 0.717) is 5.92 Å². The van der Waals surface area contributed by atoms with E-state index in [-0.39, 0.29) is 6.04 Å². The van der Waals surface area contributed by atoms with Crippen LogP contribution in [0.25, 0.3) is 0 Å². The zero-order valence-electron chi connectivity index (χ0n) is 18.1. The van der Waals surface area contributed by atoms with Crippen molar-refractivity contribution in [3.05, 3.63) is 29.8 Å². The van der Waals surface area contributed by atoms with Gasteiger partial charge in [0.05, 0.1) is 6.04 Å². The molecule has 2 saturated heterocycles. The first kappa shape index (κ1) is 21.0. The van der Waals surface area contributed by atoms with Gasteiger partial charge in [-0.2, -0.15) is 0 Å². The van der Waals surface area contributed by atoms with Crippen molar-refractivity contribution in [3.8, 4) is 0 Å². The fraction of sp³-hybridized carbons (Fsp3) is 0.696. The van der Waals surface area contributed by atoms with Gasteiger partial charge in [-0.05, 0) is 76.2 Å². The third-order valence-corrected chi connectivity index (χ3v) is 6.10. The molecule has 1 aromatic carbocycles. The third-order valence-electron chi connectivity index (χ3n) is 6.10. The number of anilines is 1. The number of rotatable bonds is 7. The molecule has 2 fully saturated rings. The first-order valence-corrected chi connectivity index (χ1v) is 11.3. The second-order valence-electron chi connectivity index (χ2n) is 8.28. The average Bonchev–Trinajstić information content (AvgIpc) is 3.27. The first-order chi connectivity index (χ1) is 13.7. The molecule has 2 atom stereocenters. The van der Waals surface area contributed by atoms with Crippen LogP contribution < -0.4 is 15.5 Å². The zero-order chi connectivity index (χ0) is 19.8. The van der Waals surface area contributed by atoms with Crippen molar-refractivity contribution >= 4 is 11.6 Å². The molecular weight excluding hydrogens is 346 g/mol. The normalized spacial score (nSPS) is 22.3. The minimum absolute atomic E-state index is 0.235. The summed E-state index contributed by atoms with van der Waals surface area (Å²) in [5.41, 5.74) is 2.68. The summed E-state index contributed by atoms with van der Waals surface area (Å²) in [7, 11) is 0. The average molecular weight is 386 g/mol. The van der Waals surface area contributed by atoms with E-state index in [4.69, 9.17) is 4.99 Å². The van der Waals surface area contributed by atoms with Crippen LogP contribution in [-0.2, 0) is 0 Å². The monoisotopic (exact) mass is 385 g/mol. The summed E-state index contributed by atoms with van der Waals surface area (Å²) in [6, 6.07) is 9.22. The maximum atomic E-state index is 4.93. The van der Waals surface area contributed by atoms with Crippen LogP contribution in [-0.4, -0.2) is 56.7 Å². The minimum atomic E-state index is 0.235. The lowest BCUT2D eigenvalue weighted by molar-refractivity contribution is 0.186. The molecule has 0 bridgehead atoms. The largest absolute Gasteiger partial charge is 0.372 e. The fourth-order valence-corrected chi connectivity index (χ4v) is 4.38. The summed E-state index contributed by atoms with van der Waals surface area (Å²) < 4.78 is 0. The molecule has 2 N–H and O–H groups in total. The second kappa shape index (κ2) is 10.7. The summed E-state index contributed by atoms with van der Waals surface area (Å²) in [4.78, 5) is 9.98. The molecule has 0 saturated carbocycles. The van der Waals surface area contributed by atoms with Crippen LogP contribution in [0.5, 0.6) is 0 Å². The lowest BCUT2D eigenvalue weighted by Gasteiger charge is -2.31. The van der Waals surface area contributed by atoms with Crippen LogP contribution >= 0.6 is 0 Å². The number of guanidine groups is 1. The number of benzene rings is 1. The summed E-state index contributed by atoms with van der Waals surface area (Å²) in [6.45, 7) is 14.4. The lowest BCUT2D eigenvalue weighted by Crippen LogP contribution is -2.40. The van der Waals surface area contributed by atoms with Gasteiger partial charge in [-0.1, -0.05) is 19.1 Å². The third kappa shape index (κ3) is 5.87. The van der Waals surface area contributed by atoms with Gasteiger partial charge in [0.25, 0.3) is 0 Å². The molecule has 3 rings (SSSR count). The number of likely N-dealkylation sites (tertiary alicyclic amines) is 1. The van der Waals surface area contributed by atoms with Gasteiger partial charge in [0.15, 0.2) is 5.96 Å². The van der Waals surface area contributed by atoms with E-state index < -0.39 is 0 Å². The Balaban J connectivity index is 1.60. The summed E-state index contributed by atoms with van der Waals surface area (Å²) in [6.07, 6.45) is 5.22. The van der Waals surface area contributed by atoms with Gasteiger partial charge in [0, 0.05) is 38.4 Å². The molecule has 2 aliphatic rings. The number of aliphatic imine (C=N–C) groups is 1. The van der Waals surface area contributed by atoms with Crippen molar-refractivity contribution < 1.29 is 0 Å². The molecule has 0 radical (unpaired) electrons. The zero-order valence-corrected chi connectivity index (χ0v) is 18.1. The predicted molar refractivity (Wildman–Crippen MR) is 120 cm³/mol. The van der Waals surface area contributed by atoms with Gasteiger partial charge in [0.2, 0.25) is 0 Å². The van der Waals surface area contributed by atoms with Gasteiger partial charge in [-0.3, -0.25) is 4.99 Å². The molecule has 5 nitrogen and oxygen atoms in total. The Morgan fingerprint density at radius 3 is 2.75 bits per heavy atom. The number of nitrogens with one attached hydrogen (secondary N) is 2. The van der Waals surface area contributed by atoms with Crippen molar-refractivity contribution in [1.29, 1.82) is 0 Å². The van der Waals surface area contributed by atoms with Gasteiger partial charge in [-0.15, -0.1) is 0 Å². The summed E-state index contributed by atoms with van der Waals surface area (Å²) >= 11 is 0. The number of piperidine rings is 1. The standard InChI is InChI=1S/C23H39N5/c1-4-24-23(25-17-20-10-9-13-27(5-2)18-20)26-19(3)21-11-8-12-22(16-21)28-14-6-7-15-28/h8,11-12,16,19-20H,4-7,9-10,13-15,17-18H2,1-3H3,(H2,24,25,26). The highest BCUT2D eigenvalue weighted by Crippen LogP contribution is 2.24. The molecule has 28 heavy (non-hydrogen) atoms. The molecule has 2 aliphatic heterocycles. The maximum absolute atomic E-state index is 4.93. The van der Waals surface area contributed by atoms with Gasteiger partial charge in [-0.25, -0.2) is 0 Å². The van der Waals surface area contributed by atoms with Gasteiger partial charge in [0.1, 0.15) is 0 Å². The Morgan fingerprint density at radius 2 is 2.00 bits per heavy atom. The SMILES string of the molecule is CCNC(=NCC1CCCN(CC)C1)NC(C)c1cccc(N2CCCC2)c1. The van der Waals surface area contributed by atoms with Crippen LogP contribution in [0, 0.1) is 5.92 Å². The Labute approximate surface area is 171 Å². The summed E-state index contributed by atoms with van der Waals surface area (Å²) in [5, 5.41) is 7.06. The second-order valence-corrected chi connectivity index (χ2v) is 8.28. The minimum Gasteiger partial charge on any atom is -0.372 e. The van der Waals surface area contributed by atoms with Crippen LogP contribution in [0.4, 0.5) is 5.69 Å². The van der Waals surface area contributed by atoms with E-state index in [9.17, 15) is 0 Å². The van der Waals surface area contributed by atoms with E-state index in [1.54, 1.807) is 0 Å². The van der Waals surface area contributed by atoms with E-state index in [2.05, 4.69) is 65.5 Å². The van der Waals surface area contributed by atoms with Gasteiger partial charge < -0.3 is 20.4 Å². The van der Waals surface area contributed by atoms with E-state index in [0.717, 1.165) is 25.6 Å². The van der Waals surface area contributed by atoms with Gasteiger partial charge >= 0.3 is 0 Å². The highest BCUT2D eigenvalue weighted by Gasteiger charge is 2.19.